The van der Waals surface area contributed by atoms with Crippen LogP contribution in [0.3, 0.4) is 0 Å². The van der Waals surface area contributed by atoms with Crippen molar-refractivity contribution in [2.24, 2.45) is 0 Å². The second kappa shape index (κ2) is 7.23. The monoisotopic (exact) mass is 384 g/mol. The van der Waals surface area contributed by atoms with Gasteiger partial charge in [-0.25, -0.2) is 15.0 Å². The van der Waals surface area contributed by atoms with Gasteiger partial charge in [-0.05, 0) is 31.2 Å². The summed E-state index contributed by atoms with van der Waals surface area (Å²) in [7, 11) is 0. The predicted molar refractivity (Wildman–Crippen MR) is 106 cm³/mol. The Balaban J connectivity index is 1.71. The van der Waals surface area contributed by atoms with E-state index in [1.807, 2.05) is 54.0 Å². The number of aryl methyl sites for hydroxylation is 1. The molecule has 2 heterocycles. The van der Waals surface area contributed by atoms with E-state index in [0.717, 1.165) is 38.6 Å². The molecular weight excluding hydrogens is 368 g/mol. The smallest absolute Gasteiger partial charge is 0.127 e. The zero-order valence-corrected chi connectivity index (χ0v) is 15.8. The van der Waals surface area contributed by atoms with E-state index in [0.29, 0.717) is 17.3 Å². The lowest BCUT2D eigenvalue weighted by Gasteiger charge is -2.09. The molecule has 0 aliphatic rings. The third kappa shape index (κ3) is 3.28. The van der Waals surface area contributed by atoms with E-state index in [-0.39, 0.29) is 6.61 Å². The Morgan fingerprint density at radius 3 is 2.77 bits per heavy atom. The minimum absolute atomic E-state index is 0.0468. The van der Waals surface area contributed by atoms with Crippen LogP contribution in [0.15, 0.2) is 47.5 Å². The van der Waals surface area contributed by atoms with Gasteiger partial charge in [-0.2, -0.15) is 0 Å². The minimum atomic E-state index is 0.0468. The Kier molecular flexibility index (Phi) is 4.80. The molecule has 2 aromatic carbocycles. The van der Waals surface area contributed by atoms with Gasteiger partial charge >= 0.3 is 0 Å². The van der Waals surface area contributed by atoms with Crippen molar-refractivity contribution in [3.05, 3.63) is 59.1 Å². The first-order valence-corrected chi connectivity index (χ1v) is 9.64. The lowest BCUT2D eigenvalue weighted by atomic mass is 10.2. The molecule has 5 nitrogen and oxygen atoms in total. The third-order valence-electron chi connectivity index (χ3n) is 4.13. The van der Waals surface area contributed by atoms with Crippen molar-refractivity contribution in [1.29, 1.82) is 0 Å². The molecule has 7 heteroatoms. The number of nitrogens with zero attached hydrogens (tertiary/aromatic N) is 4. The highest BCUT2D eigenvalue weighted by atomic mass is 35.5. The van der Waals surface area contributed by atoms with E-state index in [1.165, 1.54) is 0 Å². The molecule has 4 aromatic rings. The van der Waals surface area contributed by atoms with Gasteiger partial charge in [0.1, 0.15) is 16.7 Å². The van der Waals surface area contributed by atoms with Crippen molar-refractivity contribution in [3.63, 3.8) is 0 Å². The van der Waals surface area contributed by atoms with Crippen LogP contribution in [-0.4, -0.2) is 31.2 Å². The van der Waals surface area contributed by atoms with Gasteiger partial charge in [-0.1, -0.05) is 41.6 Å². The molecule has 0 amide bonds. The molecule has 0 bridgehead atoms. The molecule has 26 heavy (non-hydrogen) atoms. The first kappa shape index (κ1) is 17.3. The van der Waals surface area contributed by atoms with Crippen molar-refractivity contribution in [1.82, 2.24) is 19.5 Å². The summed E-state index contributed by atoms with van der Waals surface area (Å²) in [5, 5.41) is 12.1. The summed E-state index contributed by atoms with van der Waals surface area (Å²) in [4.78, 5) is 13.8. The van der Waals surface area contributed by atoms with Crippen LogP contribution in [-0.2, 0) is 12.3 Å². The Morgan fingerprint density at radius 2 is 1.92 bits per heavy atom. The van der Waals surface area contributed by atoms with Crippen molar-refractivity contribution in [2.45, 2.75) is 24.2 Å². The van der Waals surface area contributed by atoms with Crippen molar-refractivity contribution in [3.8, 4) is 0 Å². The van der Waals surface area contributed by atoms with Crippen LogP contribution in [0.5, 0.6) is 0 Å². The van der Waals surface area contributed by atoms with Crippen LogP contribution in [0.4, 0.5) is 0 Å². The SMILES string of the molecule is Cc1nc(SCc2nc3ccc(Cl)cc3n2CCO)c2ccccc2n1. The zero-order chi connectivity index (χ0) is 18.1. The van der Waals surface area contributed by atoms with Crippen LogP contribution in [0, 0.1) is 6.92 Å². The van der Waals surface area contributed by atoms with E-state index in [4.69, 9.17) is 16.6 Å². The molecule has 0 spiro atoms. The largest absolute Gasteiger partial charge is 0.395 e. The number of imidazole rings is 1. The molecule has 132 valence electrons. The van der Waals surface area contributed by atoms with E-state index in [9.17, 15) is 5.11 Å². The maximum atomic E-state index is 9.45. The number of hydrogen-bond donors (Lipinski definition) is 1. The maximum Gasteiger partial charge on any atom is 0.127 e. The number of rotatable bonds is 5. The summed E-state index contributed by atoms with van der Waals surface area (Å²) in [5.41, 5.74) is 2.76. The molecule has 4 rings (SSSR count). The normalized spacial score (nSPS) is 11.5. The number of thioether (sulfide) groups is 1. The Morgan fingerprint density at radius 1 is 1.08 bits per heavy atom. The standard InChI is InChI=1S/C19H17ClN4OS/c1-12-21-15-5-3-2-4-14(15)19(22-12)26-11-18-23-16-7-6-13(20)10-17(16)24(18)8-9-25/h2-7,10,25H,8-9,11H2,1H3. The number of hydrogen-bond acceptors (Lipinski definition) is 5. The fraction of sp³-hybridized carbons (Fsp3) is 0.211. The second-order valence-corrected chi connectivity index (χ2v) is 7.32. The number of aromatic nitrogens is 4. The summed E-state index contributed by atoms with van der Waals surface area (Å²) in [6.07, 6.45) is 0. The van der Waals surface area contributed by atoms with E-state index in [2.05, 4.69) is 9.97 Å². The molecule has 0 fully saturated rings. The summed E-state index contributed by atoms with van der Waals surface area (Å²) in [6, 6.07) is 13.6. The van der Waals surface area contributed by atoms with Crippen LogP contribution in [0.1, 0.15) is 11.6 Å². The second-order valence-electron chi connectivity index (χ2n) is 5.92. The lowest BCUT2D eigenvalue weighted by Crippen LogP contribution is -2.06. The van der Waals surface area contributed by atoms with E-state index >= 15 is 0 Å². The van der Waals surface area contributed by atoms with Crippen molar-refractivity contribution >= 4 is 45.3 Å². The summed E-state index contributed by atoms with van der Waals surface area (Å²) in [6.45, 7) is 2.43. The zero-order valence-electron chi connectivity index (χ0n) is 14.2. The third-order valence-corrected chi connectivity index (χ3v) is 5.35. The Hall–Kier alpha value is -2.15. The maximum absolute atomic E-state index is 9.45. The van der Waals surface area contributed by atoms with Gasteiger partial charge in [0.2, 0.25) is 0 Å². The highest BCUT2D eigenvalue weighted by Crippen LogP contribution is 2.29. The first-order valence-electron chi connectivity index (χ1n) is 8.27. The number of halogens is 1. The molecule has 1 N–H and O–H groups in total. The van der Waals surface area contributed by atoms with Crippen molar-refractivity contribution < 1.29 is 5.11 Å². The lowest BCUT2D eigenvalue weighted by molar-refractivity contribution is 0.276. The van der Waals surface area contributed by atoms with Gasteiger partial charge < -0.3 is 9.67 Å². The molecular formula is C19H17ClN4OS. The Labute approximate surface area is 160 Å². The van der Waals surface area contributed by atoms with Gasteiger partial charge in [-0.3, -0.25) is 0 Å². The Bertz CT molecular complexity index is 1100. The molecule has 2 aromatic heterocycles. The average molecular weight is 385 g/mol. The summed E-state index contributed by atoms with van der Waals surface area (Å²) < 4.78 is 2.02. The summed E-state index contributed by atoms with van der Waals surface area (Å²) >= 11 is 7.76. The van der Waals surface area contributed by atoms with Gasteiger partial charge in [0.05, 0.1) is 28.9 Å². The van der Waals surface area contributed by atoms with Gasteiger partial charge in [-0.15, -0.1) is 0 Å². The summed E-state index contributed by atoms with van der Waals surface area (Å²) in [5.74, 6) is 2.29. The molecule has 0 aliphatic heterocycles. The predicted octanol–water partition coefficient (Wildman–Crippen LogP) is 4.23. The molecule has 0 saturated carbocycles. The fourth-order valence-electron chi connectivity index (χ4n) is 3.01. The molecule has 0 aliphatic carbocycles. The molecule has 0 saturated heterocycles. The van der Waals surface area contributed by atoms with Gasteiger partial charge in [0.15, 0.2) is 0 Å². The quantitative estimate of drug-likeness (QED) is 0.412. The molecule has 0 atom stereocenters. The van der Waals surface area contributed by atoms with Crippen LogP contribution in [0.2, 0.25) is 5.02 Å². The highest BCUT2D eigenvalue weighted by molar-refractivity contribution is 7.98. The minimum Gasteiger partial charge on any atom is -0.395 e. The first-order chi connectivity index (χ1) is 12.7. The number of aliphatic hydroxyl groups is 1. The molecule has 0 radical (unpaired) electrons. The topological polar surface area (TPSA) is 63.8 Å². The fourth-order valence-corrected chi connectivity index (χ4v) is 4.18. The molecule has 0 unspecified atom stereocenters. The van der Waals surface area contributed by atoms with Gasteiger partial charge in [0.25, 0.3) is 0 Å². The van der Waals surface area contributed by atoms with Crippen LogP contribution < -0.4 is 0 Å². The highest BCUT2D eigenvalue weighted by Gasteiger charge is 2.13. The van der Waals surface area contributed by atoms with Crippen molar-refractivity contribution in [2.75, 3.05) is 6.61 Å². The number of aliphatic hydroxyl groups excluding tert-OH is 1. The number of benzene rings is 2. The van der Waals surface area contributed by atoms with Crippen LogP contribution in [0.25, 0.3) is 21.9 Å². The van der Waals surface area contributed by atoms with Gasteiger partial charge in [0, 0.05) is 17.0 Å². The number of para-hydroxylation sites is 1. The van der Waals surface area contributed by atoms with Crippen LogP contribution >= 0.6 is 23.4 Å². The van der Waals surface area contributed by atoms with E-state index < -0.39 is 0 Å². The van der Waals surface area contributed by atoms with E-state index in [1.54, 1.807) is 11.8 Å². The average Bonchev–Trinajstić information content (AvgIpc) is 2.97. The number of fused-ring (bicyclic) bond motifs is 2.